The lowest BCUT2D eigenvalue weighted by molar-refractivity contribution is 1.08. The first-order valence-corrected chi connectivity index (χ1v) is 8.40. The van der Waals surface area contributed by atoms with E-state index in [0.29, 0.717) is 33.9 Å². The Kier molecular flexibility index (Phi) is 5.26. The molecule has 0 radical (unpaired) electrons. The van der Waals surface area contributed by atoms with Gasteiger partial charge in [0.15, 0.2) is 11.6 Å². The van der Waals surface area contributed by atoms with Gasteiger partial charge in [-0.3, -0.25) is 0 Å². The molecule has 128 valence electrons. The SMILES string of the molecule is Cc1ccc(CNc2ncnc(Nc3ccc(Cl)c(Cl)c3)c2N)cc1. The Balaban J connectivity index is 1.75. The number of aryl methyl sites for hydroxylation is 1. The van der Waals surface area contributed by atoms with Crippen molar-refractivity contribution in [3.8, 4) is 0 Å². The number of benzene rings is 2. The minimum absolute atomic E-state index is 0.431. The van der Waals surface area contributed by atoms with Crippen LogP contribution in [-0.4, -0.2) is 9.97 Å². The van der Waals surface area contributed by atoms with Crippen molar-refractivity contribution in [1.82, 2.24) is 9.97 Å². The van der Waals surface area contributed by atoms with Crippen LogP contribution in [0.3, 0.4) is 0 Å². The van der Waals surface area contributed by atoms with Crippen molar-refractivity contribution in [1.29, 1.82) is 0 Å². The van der Waals surface area contributed by atoms with Crippen LogP contribution in [0, 0.1) is 6.92 Å². The Hall–Kier alpha value is -2.50. The third-order valence-corrected chi connectivity index (χ3v) is 4.39. The molecule has 0 spiro atoms. The number of nitrogens with zero attached hydrogens (tertiary/aromatic N) is 2. The molecule has 2 aromatic carbocycles. The highest BCUT2D eigenvalue weighted by atomic mass is 35.5. The maximum atomic E-state index is 6.18. The van der Waals surface area contributed by atoms with Crippen LogP contribution in [0.1, 0.15) is 11.1 Å². The summed E-state index contributed by atoms with van der Waals surface area (Å²) in [5.74, 6) is 1.07. The van der Waals surface area contributed by atoms with Crippen LogP contribution in [0.5, 0.6) is 0 Å². The minimum atomic E-state index is 0.431. The summed E-state index contributed by atoms with van der Waals surface area (Å²) in [5, 5.41) is 7.30. The van der Waals surface area contributed by atoms with Crippen molar-refractivity contribution in [2.24, 2.45) is 0 Å². The van der Waals surface area contributed by atoms with Gasteiger partial charge in [0.05, 0.1) is 10.0 Å². The molecule has 0 saturated carbocycles. The fourth-order valence-electron chi connectivity index (χ4n) is 2.24. The lowest BCUT2D eigenvalue weighted by Crippen LogP contribution is -2.08. The Morgan fingerprint density at radius 1 is 0.960 bits per heavy atom. The van der Waals surface area contributed by atoms with E-state index in [1.54, 1.807) is 18.2 Å². The molecular formula is C18H17Cl2N5. The normalized spacial score (nSPS) is 10.5. The van der Waals surface area contributed by atoms with E-state index >= 15 is 0 Å². The molecule has 4 N–H and O–H groups in total. The summed E-state index contributed by atoms with van der Waals surface area (Å²) in [6.45, 7) is 2.67. The summed E-state index contributed by atoms with van der Waals surface area (Å²) < 4.78 is 0. The molecule has 0 saturated heterocycles. The first-order chi connectivity index (χ1) is 12.0. The zero-order valence-electron chi connectivity index (χ0n) is 13.6. The summed E-state index contributed by atoms with van der Waals surface area (Å²) in [6, 6.07) is 13.5. The lowest BCUT2D eigenvalue weighted by Gasteiger charge is -2.13. The summed E-state index contributed by atoms with van der Waals surface area (Å²) in [4.78, 5) is 8.40. The van der Waals surface area contributed by atoms with Gasteiger partial charge in [0.25, 0.3) is 0 Å². The van der Waals surface area contributed by atoms with E-state index in [1.165, 1.54) is 11.9 Å². The molecule has 0 aliphatic heterocycles. The van der Waals surface area contributed by atoms with E-state index in [1.807, 2.05) is 0 Å². The van der Waals surface area contributed by atoms with Crippen LogP contribution in [0.4, 0.5) is 23.0 Å². The third-order valence-electron chi connectivity index (χ3n) is 3.65. The summed E-state index contributed by atoms with van der Waals surface area (Å²) in [7, 11) is 0. The van der Waals surface area contributed by atoms with E-state index in [0.717, 1.165) is 11.3 Å². The first-order valence-electron chi connectivity index (χ1n) is 7.65. The molecular weight excluding hydrogens is 357 g/mol. The van der Waals surface area contributed by atoms with Gasteiger partial charge in [0.2, 0.25) is 0 Å². The van der Waals surface area contributed by atoms with Crippen molar-refractivity contribution in [3.63, 3.8) is 0 Å². The average Bonchev–Trinajstić information content (AvgIpc) is 2.60. The van der Waals surface area contributed by atoms with Gasteiger partial charge < -0.3 is 16.4 Å². The van der Waals surface area contributed by atoms with Crippen LogP contribution < -0.4 is 16.4 Å². The molecule has 7 heteroatoms. The molecule has 0 amide bonds. The van der Waals surface area contributed by atoms with Gasteiger partial charge in [-0.15, -0.1) is 0 Å². The van der Waals surface area contributed by atoms with E-state index in [4.69, 9.17) is 28.9 Å². The van der Waals surface area contributed by atoms with Crippen molar-refractivity contribution in [2.45, 2.75) is 13.5 Å². The Morgan fingerprint density at radius 2 is 1.68 bits per heavy atom. The number of hydrogen-bond donors (Lipinski definition) is 3. The molecule has 3 aromatic rings. The molecule has 0 fully saturated rings. The molecule has 0 atom stereocenters. The van der Waals surface area contributed by atoms with Crippen molar-refractivity contribution >= 4 is 46.2 Å². The summed E-state index contributed by atoms with van der Waals surface area (Å²) >= 11 is 12.0. The van der Waals surface area contributed by atoms with Crippen molar-refractivity contribution in [3.05, 3.63) is 70.0 Å². The van der Waals surface area contributed by atoms with Gasteiger partial charge in [-0.25, -0.2) is 9.97 Å². The van der Waals surface area contributed by atoms with E-state index in [-0.39, 0.29) is 0 Å². The van der Waals surface area contributed by atoms with Gasteiger partial charge in [-0.2, -0.15) is 0 Å². The maximum absolute atomic E-state index is 6.18. The highest BCUT2D eigenvalue weighted by Crippen LogP contribution is 2.29. The number of rotatable bonds is 5. The zero-order valence-corrected chi connectivity index (χ0v) is 15.1. The lowest BCUT2D eigenvalue weighted by atomic mass is 10.1. The van der Waals surface area contributed by atoms with Crippen LogP contribution in [0.25, 0.3) is 0 Å². The van der Waals surface area contributed by atoms with Crippen molar-refractivity contribution < 1.29 is 0 Å². The fraction of sp³-hybridized carbons (Fsp3) is 0.111. The summed E-state index contributed by atoms with van der Waals surface area (Å²) in [5.41, 5.74) is 9.71. The van der Waals surface area contributed by atoms with Crippen LogP contribution in [-0.2, 0) is 6.54 Å². The van der Waals surface area contributed by atoms with Crippen molar-refractivity contribution in [2.75, 3.05) is 16.4 Å². The Labute approximate surface area is 156 Å². The molecule has 0 bridgehead atoms. The molecule has 1 heterocycles. The van der Waals surface area contributed by atoms with Gasteiger partial charge in [0.1, 0.15) is 12.0 Å². The monoisotopic (exact) mass is 373 g/mol. The molecule has 0 aliphatic carbocycles. The average molecular weight is 374 g/mol. The predicted octanol–water partition coefficient (Wildman–Crippen LogP) is 5.03. The predicted molar refractivity (Wildman–Crippen MR) is 105 cm³/mol. The molecule has 0 unspecified atom stereocenters. The number of nitrogen functional groups attached to an aromatic ring is 1. The Bertz CT molecular complexity index is 881. The van der Waals surface area contributed by atoms with Gasteiger partial charge in [-0.05, 0) is 30.7 Å². The molecule has 3 rings (SSSR count). The number of anilines is 4. The molecule has 5 nitrogen and oxygen atoms in total. The number of halogens is 2. The minimum Gasteiger partial charge on any atom is -0.393 e. The second kappa shape index (κ2) is 7.59. The van der Waals surface area contributed by atoms with Gasteiger partial charge in [-0.1, -0.05) is 53.0 Å². The number of aromatic nitrogens is 2. The van der Waals surface area contributed by atoms with E-state index in [2.05, 4.69) is 51.8 Å². The standard InChI is InChI=1S/C18H17Cl2N5/c1-11-2-4-12(5-3-11)9-22-17-16(21)18(24-10-23-17)25-13-6-7-14(19)15(20)8-13/h2-8,10H,9,21H2,1H3,(H2,22,23,24,25). The van der Waals surface area contributed by atoms with Crippen LogP contribution >= 0.6 is 23.2 Å². The summed E-state index contributed by atoms with van der Waals surface area (Å²) in [6.07, 6.45) is 1.45. The molecule has 1 aromatic heterocycles. The smallest absolute Gasteiger partial charge is 0.159 e. The second-order valence-electron chi connectivity index (χ2n) is 5.58. The quantitative estimate of drug-likeness (QED) is 0.584. The highest BCUT2D eigenvalue weighted by Gasteiger charge is 2.09. The van der Waals surface area contributed by atoms with Crippen LogP contribution in [0.15, 0.2) is 48.8 Å². The van der Waals surface area contributed by atoms with Crippen LogP contribution in [0.2, 0.25) is 10.0 Å². The number of nitrogens with two attached hydrogens (primary N) is 1. The fourth-order valence-corrected chi connectivity index (χ4v) is 2.54. The number of hydrogen-bond acceptors (Lipinski definition) is 5. The topological polar surface area (TPSA) is 75.9 Å². The zero-order chi connectivity index (χ0) is 17.8. The largest absolute Gasteiger partial charge is 0.393 e. The maximum Gasteiger partial charge on any atom is 0.159 e. The second-order valence-corrected chi connectivity index (χ2v) is 6.39. The van der Waals surface area contributed by atoms with E-state index in [9.17, 15) is 0 Å². The highest BCUT2D eigenvalue weighted by molar-refractivity contribution is 6.42. The number of nitrogens with one attached hydrogen (secondary N) is 2. The van der Waals surface area contributed by atoms with Gasteiger partial charge in [0, 0.05) is 12.2 Å². The Morgan fingerprint density at radius 3 is 2.40 bits per heavy atom. The molecule has 0 aliphatic rings. The van der Waals surface area contributed by atoms with E-state index < -0.39 is 0 Å². The third kappa shape index (κ3) is 4.32. The van der Waals surface area contributed by atoms with Gasteiger partial charge >= 0.3 is 0 Å². The molecule has 25 heavy (non-hydrogen) atoms. The first kappa shape index (κ1) is 17.3.